The molecule has 6 heteroatoms. The summed E-state index contributed by atoms with van der Waals surface area (Å²) in [5.74, 6) is -0.190. The van der Waals surface area contributed by atoms with Gasteiger partial charge in [0.25, 0.3) is 0 Å². The lowest BCUT2D eigenvalue weighted by Crippen LogP contribution is -2.32. The van der Waals surface area contributed by atoms with E-state index in [1.807, 2.05) is 48.5 Å². The Balaban J connectivity index is 1.25. The summed E-state index contributed by atoms with van der Waals surface area (Å²) in [5.41, 5.74) is 8.40. The first kappa shape index (κ1) is 26.9. The van der Waals surface area contributed by atoms with Gasteiger partial charge >= 0.3 is 5.97 Å². The van der Waals surface area contributed by atoms with E-state index in [0.29, 0.717) is 24.6 Å². The number of ether oxygens (including phenoxy) is 1. The summed E-state index contributed by atoms with van der Waals surface area (Å²) in [6, 6.07) is 28.6. The number of benzene rings is 4. The molecular weight excluding hydrogens is 515 g/mol. The van der Waals surface area contributed by atoms with Crippen LogP contribution in [-0.4, -0.2) is 30.4 Å². The van der Waals surface area contributed by atoms with Crippen molar-refractivity contribution in [1.82, 2.24) is 10.2 Å². The van der Waals surface area contributed by atoms with Crippen LogP contribution in [0.2, 0.25) is 0 Å². The zero-order chi connectivity index (χ0) is 28.3. The summed E-state index contributed by atoms with van der Waals surface area (Å²) in [4.78, 5) is 27.7. The maximum Gasteiger partial charge on any atom is 0.337 e. The van der Waals surface area contributed by atoms with Gasteiger partial charge in [0.05, 0.1) is 12.7 Å². The van der Waals surface area contributed by atoms with Gasteiger partial charge in [-0.15, -0.1) is 0 Å². The number of fused-ring (bicyclic) bond motifs is 1. The van der Waals surface area contributed by atoms with Crippen LogP contribution in [-0.2, 0) is 35.6 Å². The highest BCUT2D eigenvalue weighted by molar-refractivity contribution is 5.91. The molecule has 6 rings (SSSR count). The standard InChI is InChI=1S/C35H33FN2O3/c1-41-35(40)26-9-5-8-25(18-26)29-15-12-27(20-37-34(39)32-19-31(32)24-6-3-2-4-7-24)33-22-38(17-16-30(29)33)21-23-10-13-28(36)14-11-23/h2-15,18,31-32H,16-17,19-22H2,1H3,(H,37,39)/t31-,32+/m0/s1. The molecule has 0 radical (unpaired) electrons. The third kappa shape index (κ3) is 5.93. The monoisotopic (exact) mass is 548 g/mol. The van der Waals surface area contributed by atoms with Crippen LogP contribution >= 0.6 is 0 Å². The molecule has 1 aliphatic heterocycles. The number of nitrogens with zero attached hydrogens (tertiary/aromatic N) is 1. The largest absolute Gasteiger partial charge is 0.465 e. The molecule has 4 aromatic carbocycles. The molecule has 1 heterocycles. The lowest BCUT2D eigenvalue weighted by atomic mass is 9.87. The van der Waals surface area contributed by atoms with Crippen molar-refractivity contribution < 1.29 is 18.7 Å². The molecule has 5 nitrogen and oxygen atoms in total. The molecule has 41 heavy (non-hydrogen) atoms. The van der Waals surface area contributed by atoms with Gasteiger partial charge in [-0.25, -0.2) is 9.18 Å². The average molecular weight is 549 g/mol. The first-order valence-electron chi connectivity index (χ1n) is 14.1. The summed E-state index contributed by atoms with van der Waals surface area (Å²) >= 11 is 0. The number of nitrogens with one attached hydrogen (secondary N) is 1. The van der Waals surface area contributed by atoms with Crippen molar-refractivity contribution in [3.8, 4) is 11.1 Å². The molecule has 2 aliphatic rings. The molecule has 1 aliphatic carbocycles. The summed E-state index contributed by atoms with van der Waals surface area (Å²) in [5, 5.41) is 3.21. The van der Waals surface area contributed by atoms with Gasteiger partial charge < -0.3 is 10.1 Å². The average Bonchev–Trinajstić information content (AvgIpc) is 3.82. The third-order valence-corrected chi connectivity index (χ3v) is 8.31. The molecule has 0 aromatic heterocycles. The quantitative estimate of drug-likeness (QED) is 0.264. The molecule has 2 atom stereocenters. The lowest BCUT2D eigenvalue weighted by molar-refractivity contribution is -0.122. The van der Waals surface area contributed by atoms with E-state index in [4.69, 9.17) is 4.74 Å². The van der Waals surface area contributed by atoms with Crippen LogP contribution in [0.15, 0.2) is 91.0 Å². The van der Waals surface area contributed by atoms with Crippen LogP contribution in [0, 0.1) is 11.7 Å². The van der Waals surface area contributed by atoms with Crippen molar-refractivity contribution in [3.05, 3.63) is 130 Å². The topological polar surface area (TPSA) is 58.6 Å². The maximum atomic E-state index is 13.5. The lowest BCUT2D eigenvalue weighted by Gasteiger charge is -2.32. The SMILES string of the molecule is COC(=O)c1cccc(-c2ccc(CNC(=O)[C@@H]3C[C@H]3c3ccccc3)c3c2CCN(Cc2ccc(F)cc2)C3)c1. The van der Waals surface area contributed by atoms with E-state index in [1.54, 1.807) is 6.07 Å². The molecule has 4 aromatic rings. The minimum atomic E-state index is -0.362. The normalized spacial score (nSPS) is 17.9. The van der Waals surface area contributed by atoms with Crippen LogP contribution in [0.3, 0.4) is 0 Å². The number of rotatable bonds is 8. The Morgan fingerprint density at radius 2 is 1.76 bits per heavy atom. The minimum absolute atomic E-state index is 0.0172. The smallest absolute Gasteiger partial charge is 0.337 e. The van der Waals surface area contributed by atoms with Crippen LogP contribution in [0.5, 0.6) is 0 Å². The Morgan fingerprint density at radius 3 is 2.54 bits per heavy atom. The Kier molecular flexibility index (Phi) is 7.66. The molecule has 1 fully saturated rings. The van der Waals surface area contributed by atoms with Gasteiger partial charge in [-0.1, -0.05) is 66.7 Å². The van der Waals surface area contributed by atoms with Crippen LogP contribution in [0.4, 0.5) is 4.39 Å². The second-order valence-electron chi connectivity index (χ2n) is 11.0. The summed E-state index contributed by atoms with van der Waals surface area (Å²) in [6.07, 6.45) is 1.71. The molecule has 1 N–H and O–H groups in total. The predicted molar refractivity (Wildman–Crippen MR) is 157 cm³/mol. The second kappa shape index (κ2) is 11.7. The van der Waals surface area contributed by atoms with Gasteiger partial charge in [0.15, 0.2) is 0 Å². The fourth-order valence-corrected chi connectivity index (χ4v) is 6.01. The van der Waals surface area contributed by atoms with Crippen LogP contribution in [0.1, 0.15) is 50.5 Å². The number of carbonyl (C=O) groups is 2. The number of esters is 1. The number of amides is 1. The van der Waals surface area contributed by atoms with Gasteiger partial charge in [-0.2, -0.15) is 0 Å². The third-order valence-electron chi connectivity index (χ3n) is 8.31. The predicted octanol–water partition coefficient (Wildman–Crippen LogP) is 6.26. The number of hydrogen-bond donors (Lipinski definition) is 1. The second-order valence-corrected chi connectivity index (χ2v) is 11.0. The number of hydrogen-bond acceptors (Lipinski definition) is 4. The van der Waals surface area contributed by atoms with Crippen molar-refractivity contribution in [1.29, 1.82) is 0 Å². The number of methoxy groups -OCH3 is 1. The van der Waals surface area contributed by atoms with Crippen molar-refractivity contribution >= 4 is 11.9 Å². The van der Waals surface area contributed by atoms with E-state index >= 15 is 0 Å². The zero-order valence-electron chi connectivity index (χ0n) is 23.1. The Bertz CT molecular complexity index is 1570. The van der Waals surface area contributed by atoms with E-state index in [-0.39, 0.29) is 23.6 Å². The fraction of sp³-hybridized carbons (Fsp3) is 0.257. The summed E-state index contributed by atoms with van der Waals surface area (Å²) in [7, 11) is 1.39. The first-order chi connectivity index (χ1) is 20.0. The fourth-order valence-electron chi connectivity index (χ4n) is 6.01. The Morgan fingerprint density at radius 1 is 0.951 bits per heavy atom. The van der Waals surface area contributed by atoms with Crippen molar-refractivity contribution in [3.63, 3.8) is 0 Å². The maximum absolute atomic E-state index is 13.5. The highest BCUT2D eigenvalue weighted by Crippen LogP contribution is 2.47. The number of carbonyl (C=O) groups excluding carboxylic acids is 2. The van der Waals surface area contributed by atoms with Gasteiger partial charge in [0.2, 0.25) is 5.91 Å². The Labute approximate surface area is 240 Å². The highest BCUT2D eigenvalue weighted by Gasteiger charge is 2.43. The first-order valence-corrected chi connectivity index (χ1v) is 14.1. The number of halogens is 1. The van der Waals surface area contributed by atoms with E-state index in [0.717, 1.165) is 48.2 Å². The molecule has 208 valence electrons. The van der Waals surface area contributed by atoms with Crippen LogP contribution in [0.25, 0.3) is 11.1 Å². The van der Waals surface area contributed by atoms with Crippen molar-refractivity contribution in [2.75, 3.05) is 13.7 Å². The van der Waals surface area contributed by atoms with Gasteiger partial charge in [-0.05, 0) is 82.0 Å². The van der Waals surface area contributed by atoms with E-state index in [2.05, 4.69) is 34.5 Å². The molecule has 0 spiro atoms. The zero-order valence-corrected chi connectivity index (χ0v) is 23.1. The van der Waals surface area contributed by atoms with Crippen molar-refractivity contribution in [2.45, 2.75) is 38.4 Å². The molecule has 0 unspecified atom stereocenters. The van der Waals surface area contributed by atoms with Crippen LogP contribution < -0.4 is 5.32 Å². The molecular formula is C35H33FN2O3. The highest BCUT2D eigenvalue weighted by atomic mass is 19.1. The van der Waals surface area contributed by atoms with E-state index in [1.165, 1.54) is 35.9 Å². The molecule has 1 amide bonds. The minimum Gasteiger partial charge on any atom is -0.465 e. The molecule has 0 bridgehead atoms. The summed E-state index contributed by atoms with van der Waals surface area (Å²) < 4.78 is 18.4. The van der Waals surface area contributed by atoms with Gasteiger partial charge in [0.1, 0.15) is 5.82 Å². The van der Waals surface area contributed by atoms with Gasteiger partial charge in [-0.3, -0.25) is 9.69 Å². The van der Waals surface area contributed by atoms with E-state index < -0.39 is 0 Å². The van der Waals surface area contributed by atoms with Gasteiger partial charge in [0, 0.05) is 32.1 Å². The van der Waals surface area contributed by atoms with E-state index in [9.17, 15) is 14.0 Å². The molecule has 1 saturated carbocycles. The Hall–Kier alpha value is -4.29. The van der Waals surface area contributed by atoms with Crippen molar-refractivity contribution in [2.24, 2.45) is 5.92 Å². The summed E-state index contributed by atoms with van der Waals surface area (Å²) in [6.45, 7) is 2.75. The molecule has 0 saturated heterocycles.